The van der Waals surface area contributed by atoms with Crippen LogP contribution in [0.15, 0.2) is 48.8 Å². The zero-order valence-electron chi connectivity index (χ0n) is 13.3. The Morgan fingerprint density at radius 2 is 1.81 bits per heavy atom. The van der Waals surface area contributed by atoms with E-state index >= 15 is 0 Å². The van der Waals surface area contributed by atoms with Gasteiger partial charge < -0.3 is 14.6 Å². The zero-order valence-corrected chi connectivity index (χ0v) is 13.3. The molecule has 0 saturated carbocycles. The molecule has 3 heteroatoms. The second-order valence-corrected chi connectivity index (χ2v) is 7.01. The highest BCUT2D eigenvalue weighted by atomic mass is 16.5. The van der Waals surface area contributed by atoms with Crippen LogP contribution in [0.3, 0.4) is 0 Å². The topological polar surface area (TPSA) is 26.2 Å². The quantitative estimate of drug-likeness (QED) is 0.912. The van der Waals surface area contributed by atoms with E-state index in [2.05, 4.69) is 74.2 Å². The molecule has 1 unspecified atom stereocenters. The van der Waals surface area contributed by atoms with Crippen molar-refractivity contribution in [3.63, 3.8) is 0 Å². The van der Waals surface area contributed by atoms with Gasteiger partial charge in [-0.25, -0.2) is 0 Å². The highest BCUT2D eigenvalue weighted by Crippen LogP contribution is 2.38. The summed E-state index contributed by atoms with van der Waals surface area (Å²) in [5, 5.41) is 3.65. The summed E-state index contributed by atoms with van der Waals surface area (Å²) in [6, 6.07) is 12.9. The molecule has 1 fully saturated rings. The predicted molar refractivity (Wildman–Crippen MR) is 87.0 cm³/mol. The van der Waals surface area contributed by atoms with Gasteiger partial charge in [-0.15, -0.1) is 0 Å². The molecule has 0 spiro atoms. The maximum Gasteiger partial charge on any atom is 0.0834 e. The second-order valence-electron chi connectivity index (χ2n) is 7.01. The lowest BCUT2D eigenvalue weighted by atomic mass is 9.94. The van der Waals surface area contributed by atoms with Gasteiger partial charge in [-0.05, 0) is 64.4 Å². The SMILES string of the molecule is CC1(C)CC(Nc2cccc(-n3cccc3)c2)C(C)(C)O1. The lowest BCUT2D eigenvalue weighted by Crippen LogP contribution is -2.38. The van der Waals surface area contributed by atoms with Gasteiger partial charge in [0.25, 0.3) is 0 Å². The highest BCUT2D eigenvalue weighted by molar-refractivity contribution is 5.52. The molecule has 1 atom stereocenters. The van der Waals surface area contributed by atoms with E-state index in [0.717, 1.165) is 12.1 Å². The first-order chi connectivity index (χ1) is 9.86. The summed E-state index contributed by atoms with van der Waals surface area (Å²) in [7, 11) is 0. The molecular weight excluding hydrogens is 260 g/mol. The van der Waals surface area contributed by atoms with E-state index in [4.69, 9.17) is 4.74 Å². The van der Waals surface area contributed by atoms with Gasteiger partial charge in [-0.3, -0.25) is 0 Å². The fourth-order valence-corrected chi connectivity index (χ4v) is 3.25. The summed E-state index contributed by atoms with van der Waals surface area (Å²) in [5.41, 5.74) is 2.08. The van der Waals surface area contributed by atoms with E-state index in [-0.39, 0.29) is 11.2 Å². The summed E-state index contributed by atoms with van der Waals surface area (Å²) in [6.07, 6.45) is 5.13. The Morgan fingerprint density at radius 3 is 2.43 bits per heavy atom. The molecule has 3 nitrogen and oxygen atoms in total. The van der Waals surface area contributed by atoms with Gasteiger partial charge in [-0.2, -0.15) is 0 Å². The van der Waals surface area contributed by atoms with Crippen molar-refractivity contribution >= 4 is 5.69 Å². The van der Waals surface area contributed by atoms with Gasteiger partial charge in [0.15, 0.2) is 0 Å². The van der Waals surface area contributed by atoms with Crippen LogP contribution >= 0.6 is 0 Å². The average molecular weight is 284 g/mol. The van der Waals surface area contributed by atoms with Crippen molar-refractivity contribution < 1.29 is 4.74 Å². The van der Waals surface area contributed by atoms with Crippen molar-refractivity contribution in [3.8, 4) is 5.69 Å². The van der Waals surface area contributed by atoms with E-state index < -0.39 is 0 Å². The fourth-order valence-electron chi connectivity index (χ4n) is 3.25. The number of nitrogens with one attached hydrogen (secondary N) is 1. The number of nitrogens with zero attached hydrogens (tertiary/aromatic N) is 1. The molecule has 0 amide bonds. The number of rotatable bonds is 3. The van der Waals surface area contributed by atoms with Gasteiger partial charge in [0.05, 0.1) is 17.2 Å². The monoisotopic (exact) mass is 284 g/mol. The largest absolute Gasteiger partial charge is 0.379 e. The normalized spacial score (nSPS) is 23.1. The molecule has 1 aliphatic rings. The van der Waals surface area contributed by atoms with Crippen LogP contribution in [0, 0.1) is 0 Å². The van der Waals surface area contributed by atoms with Crippen molar-refractivity contribution in [2.75, 3.05) is 5.32 Å². The van der Waals surface area contributed by atoms with Gasteiger partial charge >= 0.3 is 0 Å². The van der Waals surface area contributed by atoms with Crippen LogP contribution in [0.2, 0.25) is 0 Å². The summed E-state index contributed by atoms with van der Waals surface area (Å²) < 4.78 is 8.27. The number of benzene rings is 1. The number of hydrogen-bond donors (Lipinski definition) is 1. The molecule has 112 valence electrons. The number of anilines is 1. The van der Waals surface area contributed by atoms with Crippen LogP contribution in [0.25, 0.3) is 5.69 Å². The summed E-state index contributed by atoms with van der Waals surface area (Å²) >= 11 is 0. The van der Waals surface area contributed by atoms with Gasteiger partial charge in [0.1, 0.15) is 0 Å². The molecule has 0 aliphatic carbocycles. The molecule has 1 aromatic carbocycles. The third-order valence-corrected chi connectivity index (χ3v) is 4.16. The van der Waals surface area contributed by atoms with Crippen LogP contribution in [0.5, 0.6) is 0 Å². The van der Waals surface area contributed by atoms with Gasteiger partial charge in [0.2, 0.25) is 0 Å². The number of ether oxygens (including phenoxy) is 1. The van der Waals surface area contributed by atoms with E-state index in [0.29, 0.717) is 6.04 Å². The Balaban J connectivity index is 1.81. The lowest BCUT2D eigenvalue weighted by molar-refractivity contribution is -0.0662. The highest BCUT2D eigenvalue weighted by Gasteiger charge is 2.45. The van der Waals surface area contributed by atoms with E-state index in [1.54, 1.807) is 0 Å². The van der Waals surface area contributed by atoms with Crippen molar-refractivity contribution in [1.82, 2.24) is 4.57 Å². The Labute approximate surface area is 126 Å². The Bertz CT molecular complexity index is 614. The maximum atomic E-state index is 6.16. The number of hydrogen-bond acceptors (Lipinski definition) is 2. The molecule has 1 saturated heterocycles. The minimum Gasteiger partial charge on any atom is -0.379 e. The molecule has 0 bridgehead atoms. The summed E-state index contributed by atoms with van der Waals surface area (Å²) in [4.78, 5) is 0. The summed E-state index contributed by atoms with van der Waals surface area (Å²) in [5.74, 6) is 0. The maximum absolute atomic E-state index is 6.16. The zero-order chi connectivity index (χ0) is 15.1. The van der Waals surface area contributed by atoms with Gasteiger partial charge in [0, 0.05) is 23.8 Å². The molecule has 2 aromatic rings. The van der Waals surface area contributed by atoms with Crippen LogP contribution in [-0.4, -0.2) is 21.8 Å². The minimum absolute atomic E-state index is 0.0702. The van der Waals surface area contributed by atoms with Crippen molar-refractivity contribution in [2.45, 2.75) is 51.4 Å². The molecule has 21 heavy (non-hydrogen) atoms. The fraction of sp³-hybridized carbons (Fsp3) is 0.444. The minimum atomic E-state index is -0.160. The van der Waals surface area contributed by atoms with Crippen LogP contribution in [0.1, 0.15) is 34.1 Å². The summed E-state index contributed by atoms with van der Waals surface area (Å²) in [6.45, 7) is 8.64. The molecular formula is C18H24N2O. The Kier molecular flexibility index (Phi) is 3.33. The molecule has 2 heterocycles. The molecule has 1 N–H and O–H groups in total. The van der Waals surface area contributed by atoms with E-state index in [9.17, 15) is 0 Å². The molecule has 1 aromatic heterocycles. The molecule has 1 aliphatic heterocycles. The predicted octanol–water partition coefficient (Wildman–Crippen LogP) is 4.24. The number of aromatic nitrogens is 1. The smallest absolute Gasteiger partial charge is 0.0834 e. The van der Waals surface area contributed by atoms with Crippen molar-refractivity contribution in [3.05, 3.63) is 48.8 Å². The first kappa shape index (κ1) is 14.2. The van der Waals surface area contributed by atoms with Crippen LogP contribution < -0.4 is 5.32 Å². The van der Waals surface area contributed by atoms with Crippen molar-refractivity contribution in [1.29, 1.82) is 0 Å². The van der Waals surface area contributed by atoms with E-state index in [1.807, 2.05) is 12.1 Å². The first-order valence-electron chi connectivity index (χ1n) is 7.56. The van der Waals surface area contributed by atoms with E-state index in [1.165, 1.54) is 5.69 Å². The third-order valence-electron chi connectivity index (χ3n) is 4.16. The molecule has 0 radical (unpaired) electrons. The Hall–Kier alpha value is -1.74. The Morgan fingerprint density at radius 1 is 1.10 bits per heavy atom. The first-order valence-corrected chi connectivity index (χ1v) is 7.56. The average Bonchev–Trinajstić information content (AvgIpc) is 2.96. The van der Waals surface area contributed by atoms with Crippen LogP contribution in [0.4, 0.5) is 5.69 Å². The lowest BCUT2D eigenvalue weighted by Gasteiger charge is -2.28. The van der Waals surface area contributed by atoms with Crippen molar-refractivity contribution in [2.24, 2.45) is 0 Å². The standard InChI is InChI=1S/C18H24N2O/c1-17(2)13-16(18(3,4)21-17)19-14-8-7-9-15(12-14)20-10-5-6-11-20/h5-12,16,19H,13H2,1-4H3. The van der Waals surface area contributed by atoms with Crippen LogP contribution in [-0.2, 0) is 4.74 Å². The van der Waals surface area contributed by atoms with Gasteiger partial charge in [-0.1, -0.05) is 6.07 Å². The second kappa shape index (κ2) is 4.92. The third kappa shape index (κ3) is 2.98. The molecule has 3 rings (SSSR count).